The number of nitrogen functional groups attached to an aromatic ring is 1. The third-order valence-corrected chi connectivity index (χ3v) is 2.52. The van der Waals surface area contributed by atoms with Crippen molar-refractivity contribution >= 4 is 11.8 Å². The molecule has 72 valence electrons. The van der Waals surface area contributed by atoms with Crippen molar-refractivity contribution in [3.05, 3.63) is 29.6 Å². The van der Waals surface area contributed by atoms with Gasteiger partial charge in [0.15, 0.2) is 0 Å². The molecule has 2 rings (SSSR count). The number of halogens is 1. The van der Waals surface area contributed by atoms with Crippen LogP contribution < -0.4 is 5.73 Å². The van der Waals surface area contributed by atoms with Crippen LogP contribution in [0.4, 0.5) is 10.1 Å². The third-order valence-electron chi connectivity index (χ3n) is 2.52. The lowest BCUT2D eigenvalue weighted by Crippen LogP contribution is -2.03. The van der Waals surface area contributed by atoms with Gasteiger partial charge < -0.3 is 5.73 Å². The van der Waals surface area contributed by atoms with Gasteiger partial charge in [-0.2, -0.15) is 4.99 Å². The Kier molecular flexibility index (Phi) is 1.86. The van der Waals surface area contributed by atoms with Gasteiger partial charge in [-0.05, 0) is 30.5 Å². The average Bonchev–Trinajstić information content (AvgIpc) is 2.91. The molecule has 0 aromatic heterocycles. The molecule has 4 heteroatoms. The normalized spacial score (nSPS) is 17.2. The van der Waals surface area contributed by atoms with E-state index in [1.54, 1.807) is 12.1 Å². The molecule has 0 radical (unpaired) electrons. The summed E-state index contributed by atoms with van der Waals surface area (Å²) in [6.45, 7) is 0. The molecule has 3 nitrogen and oxygen atoms in total. The molecule has 1 aliphatic carbocycles. The van der Waals surface area contributed by atoms with Crippen LogP contribution in [0.25, 0.3) is 0 Å². The van der Waals surface area contributed by atoms with Gasteiger partial charge in [-0.3, -0.25) is 0 Å². The first-order chi connectivity index (χ1) is 6.68. The van der Waals surface area contributed by atoms with Crippen LogP contribution in [0.15, 0.2) is 23.2 Å². The molecular weight excluding hydrogens is 183 g/mol. The second kappa shape index (κ2) is 2.93. The van der Waals surface area contributed by atoms with Crippen LogP contribution in [0.2, 0.25) is 0 Å². The maximum absolute atomic E-state index is 12.9. The predicted octanol–water partition coefficient (Wildman–Crippen LogP) is 1.73. The lowest BCUT2D eigenvalue weighted by atomic mass is 10.0. The highest BCUT2D eigenvalue weighted by atomic mass is 19.1. The van der Waals surface area contributed by atoms with E-state index in [-0.39, 0.29) is 5.69 Å². The van der Waals surface area contributed by atoms with Crippen molar-refractivity contribution in [3.8, 4) is 0 Å². The van der Waals surface area contributed by atoms with Gasteiger partial charge in [0.25, 0.3) is 0 Å². The maximum atomic E-state index is 12.9. The first kappa shape index (κ1) is 8.91. The lowest BCUT2D eigenvalue weighted by molar-refractivity contribution is 0.556. The number of nitrogens with two attached hydrogens (primary N) is 1. The smallest absolute Gasteiger partial charge is 0.235 e. The summed E-state index contributed by atoms with van der Waals surface area (Å²) in [5.74, 6) is -0.445. The Morgan fingerprint density at radius 1 is 1.50 bits per heavy atom. The highest BCUT2D eigenvalue weighted by molar-refractivity contribution is 5.48. The molecule has 2 N–H and O–H groups in total. The van der Waals surface area contributed by atoms with E-state index in [4.69, 9.17) is 5.73 Å². The summed E-state index contributed by atoms with van der Waals surface area (Å²) in [5, 5.41) is 0. The molecule has 0 saturated heterocycles. The average molecular weight is 192 g/mol. The molecule has 0 unspecified atom stereocenters. The Bertz CT molecular complexity index is 420. The molecule has 0 heterocycles. The molecule has 1 aromatic rings. The van der Waals surface area contributed by atoms with Crippen LogP contribution in [-0.2, 0) is 10.3 Å². The number of anilines is 1. The zero-order chi connectivity index (χ0) is 10.2. The van der Waals surface area contributed by atoms with E-state index in [1.807, 2.05) is 0 Å². The Labute approximate surface area is 80.4 Å². The summed E-state index contributed by atoms with van der Waals surface area (Å²) < 4.78 is 12.9. The fourth-order valence-electron chi connectivity index (χ4n) is 1.50. The van der Waals surface area contributed by atoms with Gasteiger partial charge in [0.2, 0.25) is 6.08 Å². The van der Waals surface area contributed by atoms with Crippen molar-refractivity contribution in [2.75, 3.05) is 5.73 Å². The van der Waals surface area contributed by atoms with E-state index in [2.05, 4.69) is 4.99 Å². The maximum Gasteiger partial charge on any atom is 0.235 e. The van der Waals surface area contributed by atoms with Crippen LogP contribution >= 0.6 is 0 Å². The number of aliphatic imine (C=N–C) groups is 1. The topological polar surface area (TPSA) is 55.4 Å². The molecule has 14 heavy (non-hydrogen) atoms. The van der Waals surface area contributed by atoms with Gasteiger partial charge in [-0.1, -0.05) is 6.07 Å². The monoisotopic (exact) mass is 192 g/mol. The minimum absolute atomic E-state index is 0.0925. The fraction of sp³-hybridized carbons (Fsp3) is 0.300. The number of isocyanates is 1. The number of rotatable bonds is 2. The second-order valence-electron chi connectivity index (χ2n) is 3.47. The van der Waals surface area contributed by atoms with E-state index in [0.717, 1.165) is 18.4 Å². The predicted molar refractivity (Wildman–Crippen MR) is 49.8 cm³/mol. The molecule has 1 saturated carbocycles. The van der Waals surface area contributed by atoms with Gasteiger partial charge in [0.05, 0.1) is 11.2 Å². The van der Waals surface area contributed by atoms with E-state index in [1.165, 1.54) is 12.1 Å². The van der Waals surface area contributed by atoms with Gasteiger partial charge in [-0.25, -0.2) is 9.18 Å². The van der Waals surface area contributed by atoms with Gasteiger partial charge in [0.1, 0.15) is 5.82 Å². The van der Waals surface area contributed by atoms with Crippen molar-refractivity contribution in [1.29, 1.82) is 0 Å². The summed E-state index contributed by atoms with van der Waals surface area (Å²) in [6.07, 6.45) is 3.14. The number of nitrogens with zero attached hydrogens (tertiary/aromatic N) is 1. The molecule has 0 atom stereocenters. The Hall–Kier alpha value is -1.67. The van der Waals surface area contributed by atoms with Crippen molar-refractivity contribution in [1.82, 2.24) is 0 Å². The van der Waals surface area contributed by atoms with Crippen LogP contribution in [0.3, 0.4) is 0 Å². The molecular formula is C10H9FN2O. The van der Waals surface area contributed by atoms with Crippen molar-refractivity contribution in [3.63, 3.8) is 0 Å². The summed E-state index contributed by atoms with van der Waals surface area (Å²) >= 11 is 0. The Balaban J connectivity index is 2.42. The molecule has 1 aromatic carbocycles. The largest absolute Gasteiger partial charge is 0.396 e. The van der Waals surface area contributed by atoms with Crippen LogP contribution in [-0.4, -0.2) is 6.08 Å². The fourth-order valence-corrected chi connectivity index (χ4v) is 1.50. The zero-order valence-electron chi connectivity index (χ0n) is 7.46. The zero-order valence-corrected chi connectivity index (χ0v) is 7.46. The summed E-state index contributed by atoms with van der Waals surface area (Å²) in [4.78, 5) is 13.9. The second-order valence-corrected chi connectivity index (χ2v) is 3.47. The highest BCUT2D eigenvalue weighted by Crippen LogP contribution is 2.49. The van der Waals surface area contributed by atoms with Crippen LogP contribution in [0.1, 0.15) is 18.4 Å². The number of benzene rings is 1. The summed E-state index contributed by atoms with van der Waals surface area (Å²) in [7, 11) is 0. The Morgan fingerprint density at radius 2 is 2.21 bits per heavy atom. The van der Waals surface area contributed by atoms with Crippen LogP contribution in [0, 0.1) is 5.82 Å². The van der Waals surface area contributed by atoms with Gasteiger partial charge in [0, 0.05) is 0 Å². The van der Waals surface area contributed by atoms with E-state index >= 15 is 0 Å². The quantitative estimate of drug-likeness (QED) is 0.440. The van der Waals surface area contributed by atoms with Gasteiger partial charge >= 0.3 is 0 Å². The number of carbonyl (C=O) groups excluding carboxylic acids is 1. The summed E-state index contributed by atoms with van der Waals surface area (Å²) in [6, 6.07) is 4.44. The van der Waals surface area contributed by atoms with E-state index in [9.17, 15) is 9.18 Å². The minimum Gasteiger partial charge on any atom is -0.396 e. The first-order valence-electron chi connectivity index (χ1n) is 4.32. The third kappa shape index (κ3) is 1.30. The Morgan fingerprint density at radius 3 is 2.71 bits per heavy atom. The number of hydrogen-bond acceptors (Lipinski definition) is 3. The molecule has 0 aliphatic heterocycles. The lowest BCUT2D eigenvalue weighted by Gasteiger charge is -2.08. The minimum atomic E-state index is -0.469. The van der Waals surface area contributed by atoms with Crippen molar-refractivity contribution < 1.29 is 9.18 Å². The van der Waals surface area contributed by atoms with E-state index in [0.29, 0.717) is 0 Å². The molecule has 0 spiro atoms. The van der Waals surface area contributed by atoms with Gasteiger partial charge in [-0.15, -0.1) is 0 Å². The van der Waals surface area contributed by atoms with Crippen LogP contribution in [0.5, 0.6) is 0 Å². The number of hydrogen-bond donors (Lipinski definition) is 1. The van der Waals surface area contributed by atoms with Crippen molar-refractivity contribution in [2.24, 2.45) is 4.99 Å². The first-order valence-corrected chi connectivity index (χ1v) is 4.32. The SMILES string of the molecule is Nc1cc(C2(N=C=O)CC2)ccc1F. The summed E-state index contributed by atoms with van der Waals surface area (Å²) in [5.41, 5.74) is 5.84. The highest BCUT2D eigenvalue weighted by Gasteiger charge is 2.44. The molecule has 1 fully saturated rings. The van der Waals surface area contributed by atoms with E-state index < -0.39 is 11.4 Å². The molecule has 0 bridgehead atoms. The molecule has 0 amide bonds. The molecule has 1 aliphatic rings. The standard InChI is InChI=1S/C10H9FN2O/c11-8-2-1-7(5-9(8)12)10(3-4-10)13-6-14/h1-2,5H,3-4,12H2. The van der Waals surface area contributed by atoms with Crippen molar-refractivity contribution in [2.45, 2.75) is 18.4 Å².